The number of aliphatic carboxylic acids is 1. The molecule has 0 radical (unpaired) electrons. The van der Waals surface area contributed by atoms with Crippen LogP contribution < -0.4 is 0 Å². The molecule has 11 heteroatoms. The molecule has 0 aromatic carbocycles. The molecular formula is C23H21F4N5O2. The highest BCUT2D eigenvalue weighted by Crippen LogP contribution is 2.56. The number of aromatic nitrogens is 5. The third kappa shape index (κ3) is 3.35. The Kier molecular flexibility index (Phi) is 4.69. The minimum absolute atomic E-state index is 0.0173. The number of alkyl halides is 2. The van der Waals surface area contributed by atoms with Crippen molar-refractivity contribution in [3.05, 3.63) is 35.3 Å². The van der Waals surface area contributed by atoms with Gasteiger partial charge in [0.05, 0.1) is 34.8 Å². The summed E-state index contributed by atoms with van der Waals surface area (Å²) >= 11 is 0. The van der Waals surface area contributed by atoms with Gasteiger partial charge in [-0.15, -0.1) is 0 Å². The number of nitrogens with zero attached hydrogens (tertiary/aromatic N) is 4. The Hall–Kier alpha value is -3.11. The zero-order chi connectivity index (χ0) is 23.8. The fourth-order valence-electron chi connectivity index (χ4n) is 6.02. The molecule has 2 bridgehead atoms. The molecule has 34 heavy (non-hydrogen) atoms. The second-order valence-corrected chi connectivity index (χ2v) is 9.74. The first kappa shape index (κ1) is 21.4. The van der Waals surface area contributed by atoms with Crippen molar-refractivity contribution in [1.29, 1.82) is 0 Å². The maximum absolute atomic E-state index is 15.5. The Bertz CT molecular complexity index is 1300. The first-order chi connectivity index (χ1) is 16.2. The van der Waals surface area contributed by atoms with Crippen LogP contribution in [0.4, 0.5) is 17.6 Å². The van der Waals surface area contributed by atoms with Gasteiger partial charge in [-0.3, -0.25) is 9.89 Å². The zero-order valence-electron chi connectivity index (χ0n) is 17.9. The highest BCUT2D eigenvalue weighted by molar-refractivity contribution is 5.88. The minimum atomic E-state index is -3.07. The molecule has 4 saturated carbocycles. The SMILES string of the molecule is O=C(O)[C@H]1C2CCC(CC2)[C@@H]1Cc1nc(-c2[nH]nc3ncc(F)cc23)nc(C2CC2(F)F)c1F. The lowest BCUT2D eigenvalue weighted by Gasteiger charge is -2.46. The summed E-state index contributed by atoms with van der Waals surface area (Å²) in [5, 5.41) is 16.8. The number of nitrogens with one attached hydrogen (secondary N) is 1. The van der Waals surface area contributed by atoms with Crippen LogP contribution in [0.2, 0.25) is 0 Å². The molecule has 1 unspecified atom stereocenters. The summed E-state index contributed by atoms with van der Waals surface area (Å²) in [7, 11) is 0. The van der Waals surface area contributed by atoms with Crippen LogP contribution in [0.1, 0.15) is 49.4 Å². The van der Waals surface area contributed by atoms with Crippen molar-refractivity contribution >= 4 is 17.0 Å². The van der Waals surface area contributed by atoms with Gasteiger partial charge in [-0.1, -0.05) is 0 Å². The summed E-state index contributed by atoms with van der Waals surface area (Å²) in [6.07, 6.45) is 3.87. The average Bonchev–Trinajstić information content (AvgIpc) is 3.24. The van der Waals surface area contributed by atoms with Crippen molar-refractivity contribution in [2.24, 2.45) is 23.7 Å². The molecule has 3 aromatic heterocycles. The fraction of sp³-hybridized carbons (Fsp3) is 0.522. The average molecular weight is 475 g/mol. The van der Waals surface area contributed by atoms with Crippen LogP contribution in [0.3, 0.4) is 0 Å². The molecule has 2 N–H and O–H groups in total. The van der Waals surface area contributed by atoms with E-state index in [4.69, 9.17) is 0 Å². The third-order valence-electron chi connectivity index (χ3n) is 7.81. The van der Waals surface area contributed by atoms with Crippen LogP contribution in [-0.2, 0) is 11.2 Å². The van der Waals surface area contributed by atoms with Gasteiger partial charge in [0.1, 0.15) is 11.5 Å². The van der Waals surface area contributed by atoms with Crippen molar-refractivity contribution in [3.63, 3.8) is 0 Å². The van der Waals surface area contributed by atoms with Gasteiger partial charge in [-0.05, 0) is 55.9 Å². The third-order valence-corrected chi connectivity index (χ3v) is 7.81. The number of fused-ring (bicyclic) bond motifs is 4. The van der Waals surface area contributed by atoms with Crippen molar-refractivity contribution in [3.8, 4) is 11.5 Å². The Balaban J connectivity index is 1.46. The Morgan fingerprint density at radius 2 is 1.85 bits per heavy atom. The van der Waals surface area contributed by atoms with Crippen LogP contribution in [0.25, 0.3) is 22.6 Å². The predicted octanol–water partition coefficient (Wildman–Crippen LogP) is 4.50. The summed E-state index contributed by atoms with van der Waals surface area (Å²) in [5.74, 6) is -7.82. The van der Waals surface area contributed by atoms with E-state index in [0.717, 1.165) is 31.9 Å². The van der Waals surface area contributed by atoms with Gasteiger partial charge in [0.2, 0.25) is 0 Å². The number of aromatic amines is 1. The van der Waals surface area contributed by atoms with E-state index in [2.05, 4.69) is 25.1 Å². The maximum atomic E-state index is 15.5. The molecule has 4 aliphatic rings. The predicted molar refractivity (Wildman–Crippen MR) is 111 cm³/mol. The number of H-pyrrole nitrogens is 1. The van der Waals surface area contributed by atoms with Crippen LogP contribution in [-0.4, -0.2) is 42.1 Å². The highest BCUT2D eigenvalue weighted by Gasteiger charge is 2.60. The molecule has 7 rings (SSSR count). The number of hydrogen-bond donors (Lipinski definition) is 2. The number of rotatable bonds is 5. The van der Waals surface area contributed by atoms with Crippen molar-refractivity contribution < 1.29 is 27.5 Å². The van der Waals surface area contributed by atoms with Gasteiger partial charge in [-0.25, -0.2) is 32.5 Å². The van der Waals surface area contributed by atoms with Crippen molar-refractivity contribution in [2.45, 2.75) is 50.4 Å². The standard InChI is InChI=1S/C23H21F4N5O2/c24-11-5-13-18(31-32-20(13)28-8-11)21-29-15(17(25)19(30-21)14-7-23(14,26)27)6-12-9-1-3-10(4-2-9)16(12)22(33)34/h5,8-10,12,14,16H,1-4,6-7H2,(H,33,34)(H,28,31,32)/t9?,10?,12-,14?,16-/m0/s1. The van der Waals surface area contributed by atoms with Crippen LogP contribution >= 0.6 is 0 Å². The molecule has 3 aromatic rings. The number of halogens is 4. The Morgan fingerprint density at radius 3 is 2.53 bits per heavy atom. The van der Waals surface area contributed by atoms with E-state index in [0.29, 0.717) is 0 Å². The summed E-state index contributed by atoms with van der Waals surface area (Å²) in [6, 6.07) is 1.17. The van der Waals surface area contributed by atoms with Crippen LogP contribution in [0, 0.1) is 35.3 Å². The molecule has 7 nitrogen and oxygen atoms in total. The second kappa shape index (κ2) is 7.44. The quantitative estimate of drug-likeness (QED) is 0.527. The van der Waals surface area contributed by atoms with Crippen molar-refractivity contribution in [2.75, 3.05) is 0 Å². The molecule has 3 atom stereocenters. The first-order valence-electron chi connectivity index (χ1n) is 11.4. The van der Waals surface area contributed by atoms with Gasteiger partial charge >= 0.3 is 5.97 Å². The van der Waals surface area contributed by atoms with E-state index in [9.17, 15) is 23.1 Å². The molecule has 3 heterocycles. The van der Waals surface area contributed by atoms with E-state index >= 15 is 4.39 Å². The van der Waals surface area contributed by atoms with Crippen LogP contribution in [0.5, 0.6) is 0 Å². The monoisotopic (exact) mass is 475 g/mol. The van der Waals surface area contributed by atoms with Gasteiger partial charge < -0.3 is 5.11 Å². The normalized spacial score (nSPS) is 29.5. The molecule has 0 amide bonds. The number of carboxylic acids is 1. The molecular weight excluding hydrogens is 454 g/mol. The lowest BCUT2D eigenvalue weighted by molar-refractivity contribution is -0.152. The number of carbonyl (C=O) groups is 1. The first-order valence-corrected chi connectivity index (χ1v) is 11.4. The zero-order valence-corrected chi connectivity index (χ0v) is 17.9. The maximum Gasteiger partial charge on any atom is 0.307 e. The molecule has 0 saturated heterocycles. The summed E-state index contributed by atoms with van der Waals surface area (Å²) < 4.78 is 57.2. The van der Waals surface area contributed by atoms with E-state index in [1.807, 2.05) is 0 Å². The number of hydrogen-bond acceptors (Lipinski definition) is 5. The van der Waals surface area contributed by atoms with E-state index in [1.165, 1.54) is 6.07 Å². The van der Waals surface area contributed by atoms with Gasteiger partial charge in [0.15, 0.2) is 17.3 Å². The number of pyridine rings is 1. The topological polar surface area (TPSA) is 105 Å². The Morgan fingerprint density at radius 1 is 1.15 bits per heavy atom. The number of carboxylic acid groups (broad SMARTS) is 1. The fourth-order valence-corrected chi connectivity index (χ4v) is 6.02. The van der Waals surface area contributed by atoms with Gasteiger partial charge in [0.25, 0.3) is 5.92 Å². The van der Waals surface area contributed by atoms with Crippen molar-refractivity contribution in [1.82, 2.24) is 25.1 Å². The minimum Gasteiger partial charge on any atom is -0.481 e. The molecule has 0 spiro atoms. The van der Waals surface area contributed by atoms with Crippen LogP contribution in [0.15, 0.2) is 12.3 Å². The molecule has 4 aliphatic carbocycles. The summed E-state index contributed by atoms with van der Waals surface area (Å²) in [4.78, 5) is 24.4. The van der Waals surface area contributed by atoms with E-state index in [1.54, 1.807) is 0 Å². The lowest BCUT2D eigenvalue weighted by Crippen LogP contribution is -2.45. The summed E-state index contributed by atoms with van der Waals surface area (Å²) in [5.41, 5.74) is -0.156. The Labute approximate surface area is 191 Å². The van der Waals surface area contributed by atoms with E-state index in [-0.39, 0.29) is 52.4 Å². The largest absolute Gasteiger partial charge is 0.481 e. The summed E-state index contributed by atoms with van der Waals surface area (Å²) in [6.45, 7) is 0. The van der Waals surface area contributed by atoms with E-state index < -0.39 is 47.5 Å². The van der Waals surface area contributed by atoms with Gasteiger partial charge in [0, 0.05) is 6.42 Å². The van der Waals surface area contributed by atoms with Gasteiger partial charge in [-0.2, -0.15) is 5.10 Å². The lowest BCUT2D eigenvalue weighted by atomic mass is 9.57. The molecule has 0 aliphatic heterocycles. The molecule has 178 valence electrons. The smallest absolute Gasteiger partial charge is 0.307 e. The molecule has 4 fully saturated rings. The second-order valence-electron chi connectivity index (χ2n) is 9.74. The highest BCUT2D eigenvalue weighted by atomic mass is 19.3.